The van der Waals surface area contributed by atoms with Crippen LogP contribution >= 0.6 is 11.3 Å². The number of pyridine rings is 2. The summed E-state index contributed by atoms with van der Waals surface area (Å²) >= 11 is 1.12. The molecule has 0 atom stereocenters. The molecule has 9 nitrogen and oxygen atoms in total. The van der Waals surface area contributed by atoms with Crippen LogP contribution in [0, 0.1) is 25.6 Å². The van der Waals surface area contributed by atoms with Crippen LogP contribution in [0.3, 0.4) is 0 Å². The van der Waals surface area contributed by atoms with Crippen molar-refractivity contribution in [3.63, 3.8) is 0 Å². The number of carbonyl (C=O) groups excluding carboxylic acids is 1. The topological polar surface area (TPSA) is 119 Å². The van der Waals surface area contributed by atoms with Gasteiger partial charge in [0.05, 0.1) is 30.1 Å². The van der Waals surface area contributed by atoms with Gasteiger partial charge in [0.2, 0.25) is 5.13 Å². The third-order valence-electron chi connectivity index (χ3n) is 5.88. The Bertz CT molecular complexity index is 1180. The first kappa shape index (κ1) is 24.0. The second kappa shape index (κ2) is 10.4. The summed E-state index contributed by atoms with van der Waals surface area (Å²) in [6.45, 7) is 3.50. The standard InChI is InChI=1S/C23H26FN5O4S/c1-12-8-16(19-18(32-3)10-26-13(2)20(19)24)17(9-25-12)21(31)27-22-28-29-23(34-22)33-15-6-4-14(11-30)5-7-15/h8-10,14-15,30H,4-7,11H2,1-3H3,(H,27,28,31). The summed E-state index contributed by atoms with van der Waals surface area (Å²) in [5.41, 5.74) is 1.45. The highest BCUT2D eigenvalue weighted by Crippen LogP contribution is 2.36. The van der Waals surface area contributed by atoms with Crippen LogP contribution in [0.25, 0.3) is 11.1 Å². The monoisotopic (exact) mass is 487 g/mol. The minimum atomic E-state index is -0.568. The van der Waals surface area contributed by atoms with Crippen molar-refractivity contribution in [2.24, 2.45) is 5.92 Å². The molecule has 1 aliphatic rings. The van der Waals surface area contributed by atoms with Crippen molar-refractivity contribution in [1.29, 1.82) is 0 Å². The first-order valence-electron chi connectivity index (χ1n) is 11.0. The number of aromatic nitrogens is 4. The van der Waals surface area contributed by atoms with E-state index in [-0.39, 0.29) is 40.4 Å². The summed E-state index contributed by atoms with van der Waals surface area (Å²) in [7, 11) is 1.42. The molecule has 0 unspecified atom stereocenters. The first-order valence-corrected chi connectivity index (χ1v) is 11.8. The highest BCUT2D eigenvalue weighted by molar-refractivity contribution is 7.17. The summed E-state index contributed by atoms with van der Waals surface area (Å²) in [6, 6.07) is 1.63. The summed E-state index contributed by atoms with van der Waals surface area (Å²) in [4.78, 5) is 21.3. The van der Waals surface area contributed by atoms with E-state index < -0.39 is 11.7 Å². The molecule has 11 heteroatoms. The number of nitrogens with one attached hydrogen (secondary N) is 1. The zero-order valence-corrected chi connectivity index (χ0v) is 20.0. The lowest BCUT2D eigenvalue weighted by Crippen LogP contribution is -2.25. The average Bonchev–Trinajstić information content (AvgIpc) is 3.27. The molecule has 3 aromatic heterocycles. The van der Waals surface area contributed by atoms with Crippen molar-refractivity contribution >= 4 is 22.4 Å². The zero-order chi connectivity index (χ0) is 24.2. The number of aliphatic hydroxyl groups excluding tert-OH is 1. The van der Waals surface area contributed by atoms with Gasteiger partial charge in [-0.05, 0) is 62.9 Å². The van der Waals surface area contributed by atoms with Crippen LogP contribution in [0.2, 0.25) is 0 Å². The molecule has 1 fully saturated rings. The van der Waals surface area contributed by atoms with Gasteiger partial charge in [0, 0.05) is 24.1 Å². The summed E-state index contributed by atoms with van der Waals surface area (Å²) in [6.07, 6.45) is 6.31. The van der Waals surface area contributed by atoms with Gasteiger partial charge in [-0.2, -0.15) is 0 Å². The largest absolute Gasteiger partial charge is 0.494 e. The normalized spacial score (nSPS) is 17.9. The fraction of sp³-hybridized carbons (Fsp3) is 0.435. The second-order valence-electron chi connectivity index (χ2n) is 8.24. The maximum Gasteiger partial charge on any atom is 0.296 e. The number of ether oxygens (including phenoxy) is 2. The Hall–Kier alpha value is -3.18. The number of aryl methyl sites for hydroxylation is 2. The number of methoxy groups -OCH3 is 1. The third kappa shape index (κ3) is 5.15. The van der Waals surface area contributed by atoms with Crippen LogP contribution in [-0.2, 0) is 0 Å². The van der Waals surface area contributed by atoms with Crippen LogP contribution in [-0.4, -0.2) is 51.0 Å². The predicted molar refractivity (Wildman–Crippen MR) is 125 cm³/mol. The average molecular weight is 488 g/mol. The number of nitrogens with zero attached hydrogens (tertiary/aromatic N) is 4. The quantitative estimate of drug-likeness (QED) is 0.514. The van der Waals surface area contributed by atoms with Gasteiger partial charge >= 0.3 is 0 Å². The Balaban J connectivity index is 1.54. The third-order valence-corrected chi connectivity index (χ3v) is 6.61. The van der Waals surface area contributed by atoms with E-state index in [9.17, 15) is 9.90 Å². The molecule has 0 aromatic carbocycles. The van der Waals surface area contributed by atoms with Gasteiger partial charge < -0.3 is 14.6 Å². The van der Waals surface area contributed by atoms with Crippen molar-refractivity contribution in [3.8, 4) is 22.1 Å². The molecule has 180 valence electrons. The van der Waals surface area contributed by atoms with Crippen LogP contribution in [0.5, 0.6) is 10.9 Å². The molecule has 0 saturated heterocycles. The maximum absolute atomic E-state index is 15.1. The minimum Gasteiger partial charge on any atom is -0.494 e. The number of rotatable bonds is 7. The molecule has 3 heterocycles. The van der Waals surface area contributed by atoms with E-state index in [4.69, 9.17) is 9.47 Å². The Morgan fingerprint density at radius 3 is 2.68 bits per heavy atom. The van der Waals surface area contributed by atoms with Gasteiger partial charge in [-0.25, -0.2) is 4.39 Å². The summed E-state index contributed by atoms with van der Waals surface area (Å²) in [5.74, 6) is -0.537. The molecule has 2 N–H and O–H groups in total. The smallest absolute Gasteiger partial charge is 0.296 e. The molecule has 34 heavy (non-hydrogen) atoms. The number of aliphatic hydroxyl groups is 1. The van der Waals surface area contributed by atoms with E-state index >= 15 is 4.39 Å². The van der Waals surface area contributed by atoms with Gasteiger partial charge in [0.15, 0.2) is 5.82 Å². The van der Waals surface area contributed by atoms with E-state index in [2.05, 4.69) is 25.5 Å². The van der Waals surface area contributed by atoms with E-state index in [1.165, 1.54) is 19.5 Å². The molecular formula is C23H26FN5O4S. The SMILES string of the molecule is COc1cnc(C)c(F)c1-c1cc(C)ncc1C(=O)Nc1nnc(OC2CCC(CO)CC2)s1. The van der Waals surface area contributed by atoms with E-state index in [0.29, 0.717) is 22.4 Å². The van der Waals surface area contributed by atoms with E-state index in [0.717, 1.165) is 37.0 Å². The molecule has 0 radical (unpaired) electrons. The lowest BCUT2D eigenvalue weighted by Gasteiger charge is -2.26. The lowest BCUT2D eigenvalue weighted by atomic mass is 9.88. The predicted octanol–water partition coefficient (Wildman–Crippen LogP) is 3.94. The van der Waals surface area contributed by atoms with Crippen molar-refractivity contribution in [3.05, 3.63) is 41.2 Å². The molecule has 1 amide bonds. The Morgan fingerprint density at radius 1 is 1.21 bits per heavy atom. The van der Waals surface area contributed by atoms with Gasteiger partial charge in [-0.15, -0.1) is 5.10 Å². The Morgan fingerprint density at radius 2 is 1.97 bits per heavy atom. The maximum atomic E-state index is 15.1. The van der Waals surface area contributed by atoms with Crippen LogP contribution < -0.4 is 14.8 Å². The molecular weight excluding hydrogens is 461 g/mol. The number of halogens is 1. The molecule has 3 aromatic rings. The molecule has 0 aliphatic heterocycles. The number of hydrogen-bond donors (Lipinski definition) is 2. The highest BCUT2D eigenvalue weighted by Gasteiger charge is 2.25. The van der Waals surface area contributed by atoms with Crippen molar-refractivity contribution in [2.75, 3.05) is 19.0 Å². The lowest BCUT2D eigenvalue weighted by molar-refractivity contribution is 0.102. The molecule has 1 aliphatic carbocycles. The fourth-order valence-electron chi connectivity index (χ4n) is 3.97. The minimum absolute atomic E-state index is 0.0116. The Labute approximate surface area is 200 Å². The molecule has 4 rings (SSSR count). The molecule has 0 bridgehead atoms. The van der Waals surface area contributed by atoms with Gasteiger partial charge in [-0.1, -0.05) is 5.10 Å². The number of amides is 1. The summed E-state index contributed by atoms with van der Waals surface area (Å²) in [5, 5.41) is 20.6. The van der Waals surface area contributed by atoms with Crippen molar-refractivity contribution in [1.82, 2.24) is 20.2 Å². The van der Waals surface area contributed by atoms with Crippen LogP contribution in [0.1, 0.15) is 47.4 Å². The highest BCUT2D eigenvalue weighted by atomic mass is 32.1. The fourth-order valence-corrected chi connectivity index (χ4v) is 4.62. The molecule has 1 saturated carbocycles. The zero-order valence-electron chi connectivity index (χ0n) is 19.2. The number of hydrogen-bond acceptors (Lipinski definition) is 9. The van der Waals surface area contributed by atoms with Gasteiger partial charge in [-0.3, -0.25) is 20.1 Å². The second-order valence-corrected chi connectivity index (χ2v) is 9.18. The summed E-state index contributed by atoms with van der Waals surface area (Å²) < 4.78 is 26.3. The van der Waals surface area contributed by atoms with Crippen molar-refractivity contribution < 1.29 is 23.8 Å². The number of carbonyl (C=O) groups is 1. The Kier molecular flexibility index (Phi) is 7.32. The van der Waals surface area contributed by atoms with E-state index in [1.54, 1.807) is 19.9 Å². The number of anilines is 1. The van der Waals surface area contributed by atoms with Crippen LogP contribution in [0.15, 0.2) is 18.5 Å². The van der Waals surface area contributed by atoms with Crippen LogP contribution in [0.4, 0.5) is 9.52 Å². The molecule has 0 spiro atoms. The van der Waals surface area contributed by atoms with Gasteiger partial charge in [0.1, 0.15) is 11.9 Å². The van der Waals surface area contributed by atoms with Gasteiger partial charge in [0.25, 0.3) is 11.1 Å². The first-order chi connectivity index (χ1) is 16.4. The van der Waals surface area contributed by atoms with Crippen molar-refractivity contribution in [2.45, 2.75) is 45.6 Å². The van der Waals surface area contributed by atoms with E-state index in [1.807, 2.05) is 0 Å².